The van der Waals surface area contributed by atoms with Gasteiger partial charge in [0.1, 0.15) is 12.4 Å². The fourth-order valence-electron chi connectivity index (χ4n) is 5.72. The van der Waals surface area contributed by atoms with E-state index in [9.17, 15) is 4.79 Å². The van der Waals surface area contributed by atoms with Crippen LogP contribution in [0.2, 0.25) is 5.02 Å². The third-order valence-electron chi connectivity index (χ3n) is 7.74. The van der Waals surface area contributed by atoms with Crippen LogP contribution < -0.4 is 4.74 Å². The molecule has 0 saturated carbocycles. The molecule has 3 aromatic carbocycles. The molecule has 3 heterocycles. The Hall–Kier alpha value is -4.01. The topological polar surface area (TPSA) is 85.9 Å². The highest BCUT2D eigenvalue weighted by molar-refractivity contribution is 8.00. The van der Waals surface area contributed by atoms with Crippen molar-refractivity contribution >= 4 is 57.4 Å². The zero-order chi connectivity index (χ0) is 30.8. The molecular formula is C35H34ClN3O4S. The normalized spacial score (nSPS) is 14.9. The maximum absolute atomic E-state index is 10.9. The summed E-state index contributed by atoms with van der Waals surface area (Å²) in [6, 6.07) is 24.5. The van der Waals surface area contributed by atoms with E-state index in [1.165, 1.54) is 21.5 Å². The van der Waals surface area contributed by atoms with E-state index < -0.39 is 18.0 Å². The van der Waals surface area contributed by atoms with Crippen molar-refractivity contribution in [1.29, 1.82) is 0 Å². The summed E-state index contributed by atoms with van der Waals surface area (Å²) in [5.74, 6) is -0.168. The predicted molar refractivity (Wildman–Crippen MR) is 177 cm³/mol. The molecule has 5 aromatic rings. The molecule has 0 spiro atoms. The summed E-state index contributed by atoms with van der Waals surface area (Å²) in [5, 5.41) is 16.3. The number of carbonyl (C=O) groups is 1. The van der Waals surface area contributed by atoms with Crippen molar-refractivity contribution in [2.75, 3.05) is 6.61 Å². The van der Waals surface area contributed by atoms with Gasteiger partial charge in [0.05, 0.1) is 16.7 Å². The molecule has 1 N–H and O–H groups in total. The molecule has 6 rings (SSSR count). The highest BCUT2D eigenvalue weighted by Crippen LogP contribution is 2.48. The molecule has 0 bridgehead atoms. The van der Waals surface area contributed by atoms with Gasteiger partial charge in [-0.1, -0.05) is 73.9 Å². The lowest BCUT2D eigenvalue weighted by molar-refractivity contribution is -0.142. The number of fused-ring (bicyclic) bond motifs is 1. The Morgan fingerprint density at radius 1 is 1.14 bits per heavy atom. The lowest BCUT2D eigenvalue weighted by Gasteiger charge is -2.24. The summed E-state index contributed by atoms with van der Waals surface area (Å²) >= 11 is 8.11. The first-order chi connectivity index (χ1) is 21.2. The summed E-state index contributed by atoms with van der Waals surface area (Å²) in [7, 11) is 0. The molecule has 0 saturated heterocycles. The van der Waals surface area contributed by atoms with Crippen molar-refractivity contribution in [2.45, 2.75) is 56.9 Å². The van der Waals surface area contributed by atoms with Gasteiger partial charge in [-0.05, 0) is 54.8 Å². The van der Waals surface area contributed by atoms with E-state index in [4.69, 9.17) is 31.3 Å². The van der Waals surface area contributed by atoms with Crippen LogP contribution in [0.5, 0.6) is 5.75 Å². The average Bonchev–Trinajstić information content (AvgIpc) is 3.27. The van der Waals surface area contributed by atoms with Crippen molar-refractivity contribution < 1.29 is 19.5 Å². The Morgan fingerprint density at radius 3 is 2.73 bits per heavy atom. The third-order valence-corrected chi connectivity index (χ3v) is 9.23. The number of carboxylic acids is 1. The Kier molecular flexibility index (Phi) is 8.56. The summed E-state index contributed by atoms with van der Waals surface area (Å²) < 4.78 is 8.89. The van der Waals surface area contributed by atoms with Crippen LogP contribution in [-0.4, -0.2) is 38.7 Å². The number of carboxylic acid groups (broad SMARTS) is 1. The van der Waals surface area contributed by atoms with E-state index >= 15 is 0 Å². The van der Waals surface area contributed by atoms with Crippen molar-refractivity contribution in [3.63, 3.8) is 0 Å². The van der Waals surface area contributed by atoms with Crippen LogP contribution in [0.1, 0.15) is 43.3 Å². The predicted octanol–water partition coefficient (Wildman–Crippen LogP) is 8.16. The van der Waals surface area contributed by atoms with Crippen LogP contribution in [0.25, 0.3) is 21.8 Å². The SMILES string of the molecule is CC1Cc2c(OCc3ccc4ccccc4n3)ccc3c2c(c(CC(C)(C)C=NOCC(=O)O)n3Cc2ccc(Cl)cc2)S1. The number of aromatic nitrogens is 2. The third kappa shape index (κ3) is 6.56. The number of pyridine rings is 1. The Balaban J connectivity index is 1.39. The van der Waals surface area contributed by atoms with Crippen molar-refractivity contribution in [3.05, 3.63) is 100 Å². The second-order valence-corrected chi connectivity index (χ2v) is 13.8. The van der Waals surface area contributed by atoms with Crippen LogP contribution in [0.15, 0.2) is 82.8 Å². The fourth-order valence-corrected chi connectivity index (χ4v) is 7.16. The van der Waals surface area contributed by atoms with Gasteiger partial charge in [-0.25, -0.2) is 9.78 Å². The summed E-state index contributed by atoms with van der Waals surface area (Å²) in [6.45, 7) is 7.03. The van der Waals surface area contributed by atoms with Gasteiger partial charge in [0, 0.05) is 55.4 Å². The second-order valence-electron chi connectivity index (χ2n) is 11.9. The molecule has 0 fully saturated rings. The van der Waals surface area contributed by atoms with Crippen LogP contribution >= 0.6 is 23.4 Å². The molecule has 1 aliphatic rings. The molecule has 0 aliphatic carbocycles. The van der Waals surface area contributed by atoms with Crippen molar-refractivity contribution in [3.8, 4) is 5.75 Å². The van der Waals surface area contributed by atoms with Crippen LogP contribution in [0, 0.1) is 5.41 Å². The number of benzene rings is 3. The molecule has 7 nitrogen and oxygen atoms in total. The minimum absolute atomic E-state index is 0.357. The standard InChI is InChI=1S/C35H34ClN3O4S/c1-22-16-27-31(42-19-26-13-10-24-6-4-5-7-28(24)38-26)15-14-29-33(27)34(44-22)30(17-35(2,3)21-37-43-20-32(40)41)39(29)18-23-8-11-25(36)12-9-23/h4-15,21-22H,16-20H2,1-3H3,(H,40,41). The smallest absolute Gasteiger partial charge is 0.344 e. The molecule has 1 aliphatic heterocycles. The number of ether oxygens (including phenoxy) is 1. The van der Waals surface area contributed by atoms with Gasteiger partial charge in [0.25, 0.3) is 0 Å². The van der Waals surface area contributed by atoms with E-state index in [-0.39, 0.29) is 0 Å². The first-order valence-electron chi connectivity index (χ1n) is 14.6. The number of halogens is 1. The van der Waals surface area contributed by atoms with Gasteiger partial charge in [0.15, 0.2) is 0 Å². The van der Waals surface area contributed by atoms with Crippen LogP contribution in [0.3, 0.4) is 0 Å². The minimum atomic E-state index is -1.06. The first-order valence-corrected chi connectivity index (χ1v) is 15.9. The highest BCUT2D eigenvalue weighted by Gasteiger charge is 2.31. The number of para-hydroxylation sites is 1. The zero-order valence-corrected chi connectivity index (χ0v) is 26.5. The number of hydrogen-bond acceptors (Lipinski definition) is 6. The van der Waals surface area contributed by atoms with Gasteiger partial charge in [-0.2, -0.15) is 0 Å². The number of aliphatic carboxylic acids is 1. The largest absolute Gasteiger partial charge is 0.487 e. The molecule has 1 atom stereocenters. The summed E-state index contributed by atoms with van der Waals surface area (Å²) in [6.07, 6.45) is 3.28. The number of oxime groups is 1. The van der Waals surface area contributed by atoms with Gasteiger partial charge >= 0.3 is 5.97 Å². The quantitative estimate of drug-likeness (QED) is 0.117. The lowest BCUT2D eigenvalue weighted by Crippen LogP contribution is -2.21. The molecule has 1 unspecified atom stereocenters. The van der Waals surface area contributed by atoms with E-state index in [2.05, 4.69) is 66.9 Å². The molecule has 2 aromatic heterocycles. The van der Waals surface area contributed by atoms with E-state index in [0.29, 0.717) is 29.8 Å². The van der Waals surface area contributed by atoms with Crippen molar-refractivity contribution in [1.82, 2.24) is 9.55 Å². The number of nitrogens with zero attached hydrogens (tertiary/aromatic N) is 3. The second kappa shape index (κ2) is 12.5. The molecule has 0 amide bonds. The van der Waals surface area contributed by atoms with E-state index in [1.807, 2.05) is 48.2 Å². The van der Waals surface area contributed by atoms with Gasteiger partial charge in [-0.15, -0.1) is 11.8 Å². The van der Waals surface area contributed by atoms with Crippen LogP contribution in [-0.2, 0) is 35.6 Å². The molecule has 9 heteroatoms. The monoisotopic (exact) mass is 627 g/mol. The van der Waals surface area contributed by atoms with E-state index in [0.717, 1.165) is 39.8 Å². The number of hydrogen-bond donors (Lipinski definition) is 1. The Morgan fingerprint density at radius 2 is 1.93 bits per heavy atom. The molecule has 226 valence electrons. The summed E-state index contributed by atoms with van der Waals surface area (Å²) in [4.78, 5) is 21.9. The number of thioether (sulfide) groups is 1. The highest BCUT2D eigenvalue weighted by atomic mass is 35.5. The molecule has 44 heavy (non-hydrogen) atoms. The Bertz CT molecular complexity index is 1870. The number of rotatable bonds is 11. The van der Waals surface area contributed by atoms with Gasteiger partial charge in [0.2, 0.25) is 6.61 Å². The maximum atomic E-state index is 10.9. The summed E-state index contributed by atoms with van der Waals surface area (Å²) in [5.41, 5.74) is 6.18. The first kappa shape index (κ1) is 30.0. The molecular weight excluding hydrogens is 594 g/mol. The average molecular weight is 628 g/mol. The minimum Gasteiger partial charge on any atom is -0.487 e. The van der Waals surface area contributed by atoms with E-state index in [1.54, 1.807) is 6.21 Å². The lowest BCUT2D eigenvalue weighted by atomic mass is 9.89. The van der Waals surface area contributed by atoms with Gasteiger partial charge < -0.3 is 19.2 Å². The maximum Gasteiger partial charge on any atom is 0.344 e. The van der Waals surface area contributed by atoms with Crippen molar-refractivity contribution in [2.24, 2.45) is 10.6 Å². The molecule has 0 radical (unpaired) electrons. The fraction of sp³-hybridized carbons (Fsp3) is 0.286. The van der Waals surface area contributed by atoms with Crippen LogP contribution in [0.4, 0.5) is 0 Å². The zero-order valence-electron chi connectivity index (χ0n) is 24.9. The Labute approximate surface area is 265 Å². The van der Waals surface area contributed by atoms with Gasteiger partial charge in [-0.3, -0.25) is 0 Å².